The zero-order valence-corrected chi connectivity index (χ0v) is 14.2. The van der Waals surface area contributed by atoms with E-state index in [2.05, 4.69) is 22.7 Å². The van der Waals surface area contributed by atoms with Gasteiger partial charge < -0.3 is 14.0 Å². The topological polar surface area (TPSA) is 49.2 Å². The van der Waals surface area contributed by atoms with E-state index in [4.69, 9.17) is 14.5 Å². The van der Waals surface area contributed by atoms with Crippen molar-refractivity contribution in [3.05, 3.63) is 36.2 Å². The van der Waals surface area contributed by atoms with Gasteiger partial charge in [0.1, 0.15) is 11.6 Å². The number of methoxy groups -OCH3 is 2. The van der Waals surface area contributed by atoms with Crippen molar-refractivity contribution in [3.63, 3.8) is 0 Å². The first-order valence-corrected chi connectivity index (χ1v) is 8.24. The van der Waals surface area contributed by atoms with Crippen molar-refractivity contribution < 1.29 is 9.47 Å². The molecule has 0 bridgehead atoms. The van der Waals surface area contributed by atoms with Crippen molar-refractivity contribution in [2.75, 3.05) is 14.2 Å². The zero-order valence-electron chi connectivity index (χ0n) is 14.2. The highest BCUT2D eigenvalue weighted by atomic mass is 16.5. The Morgan fingerprint density at radius 2 is 1.83 bits per heavy atom. The van der Waals surface area contributed by atoms with E-state index in [-0.39, 0.29) is 0 Å². The molecule has 0 atom stereocenters. The van der Waals surface area contributed by atoms with Gasteiger partial charge in [0.05, 0.1) is 19.7 Å². The molecule has 1 aliphatic carbocycles. The molecule has 4 rings (SSSR count). The molecule has 0 aliphatic heterocycles. The van der Waals surface area contributed by atoms with Crippen LogP contribution in [-0.4, -0.2) is 28.8 Å². The Hall–Kier alpha value is -2.56. The summed E-state index contributed by atoms with van der Waals surface area (Å²) in [6.07, 6.45) is 3.67. The van der Waals surface area contributed by atoms with Crippen LogP contribution in [0.25, 0.3) is 22.3 Å². The van der Waals surface area contributed by atoms with Gasteiger partial charge in [-0.25, -0.2) is 4.98 Å². The number of benzene rings is 1. The molecule has 2 aromatic heterocycles. The molecule has 0 radical (unpaired) electrons. The lowest BCUT2D eigenvalue weighted by molar-refractivity contribution is 0.401. The molecular formula is C19H21N3O2. The highest BCUT2D eigenvalue weighted by molar-refractivity contribution is 5.82. The molecular weight excluding hydrogens is 302 g/mol. The molecule has 0 saturated heterocycles. The number of fused-ring (bicyclic) bond motifs is 1. The van der Waals surface area contributed by atoms with Crippen molar-refractivity contribution in [3.8, 4) is 22.8 Å². The summed E-state index contributed by atoms with van der Waals surface area (Å²) in [6, 6.07) is 10.0. The molecule has 0 spiro atoms. The van der Waals surface area contributed by atoms with Crippen molar-refractivity contribution in [2.45, 2.75) is 19.3 Å². The first kappa shape index (κ1) is 15.0. The van der Waals surface area contributed by atoms with E-state index in [0.717, 1.165) is 46.2 Å². The molecule has 0 amide bonds. The second-order valence-corrected chi connectivity index (χ2v) is 6.35. The third kappa shape index (κ3) is 2.60. The SMILES string of the molecule is COc1ccc(-c2cc3c(nc2OC)nc(CC2CC2)n3C)cc1. The Bertz CT molecular complexity index is 880. The molecule has 5 nitrogen and oxygen atoms in total. The van der Waals surface area contributed by atoms with Gasteiger partial charge in [-0.15, -0.1) is 0 Å². The van der Waals surface area contributed by atoms with Gasteiger partial charge in [-0.1, -0.05) is 12.1 Å². The summed E-state index contributed by atoms with van der Waals surface area (Å²) in [7, 11) is 5.38. The first-order valence-electron chi connectivity index (χ1n) is 8.24. The summed E-state index contributed by atoms with van der Waals surface area (Å²) in [5.41, 5.74) is 3.81. The first-order chi connectivity index (χ1) is 11.7. The molecule has 1 aliphatic rings. The number of hydrogen-bond acceptors (Lipinski definition) is 4. The van der Waals surface area contributed by atoms with Crippen LogP contribution in [-0.2, 0) is 13.5 Å². The number of aryl methyl sites for hydroxylation is 1. The lowest BCUT2D eigenvalue weighted by atomic mass is 10.1. The van der Waals surface area contributed by atoms with E-state index in [1.165, 1.54) is 12.8 Å². The van der Waals surface area contributed by atoms with E-state index in [9.17, 15) is 0 Å². The van der Waals surface area contributed by atoms with E-state index in [0.29, 0.717) is 5.88 Å². The quantitative estimate of drug-likeness (QED) is 0.720. The Labute approximate surface area is 141 Å². The van der Waals surface area contributed by atoms with E-state index in [1.807, 2.05) is 24.3 Å². The molecule has 3 aromatic rings. The molecule has 24 heavy (non-hydrogen) atoms. The fraction of sp³-hybridized carbons (Fsp3) is 0.368. The van der Waals surface area contributed by atoms with Crippen LogP contribution in [0.2, 0.25) is 0 Å². The molecule has 124 valence electrons. The van der Waals surface area contributed by atoms with Crippen LogP contribution < -0.4 is 9.47 Å². The maximum Gasteiger partial charge on any atom is 0.223 e. The minimum absolute atomic E-state index is 0.601. The van der Waals surface area contributed by atoms with Gasteiger partial charge in [0.25, 0.3) is 0 Å². The van der Waals surface area contributed by atoms with Gasteiger partial charge >= 0.3 is 0 Å². The standard InChI is InChI=1S/C19H21N3O2/c1-22-16-11-15(13-6-8-14(23-2)9-7-13)19(24-3)21-18(16)20-17(22)10-12-4-5-12/h6-9,11-12H,4-5,10H2,1-3H3. The Balaban J connectivity index is 1.82. The number of hydrogen-bond donors (Lipinski definition) is 0. The van der Waals surface area contributed by atoms with Crippen LogP contribution in [0.15, 0.2) is 30.3 Å². The number of rotatable bonds is 5. The van der Waals surface area contributed by atoms with E-state index < -0.39 is 0 Å². The second-order valence-electron chi connectivity index (χ2n) is 6.35. The summed E-state index contributed by atoms with van der Waals surface area (Å²) in [5.74, 6) is 3.33. The van der Waals surface area contributed by atoms with Crippen molar-refractivity contribution >= 4 is 11.2 Å². The van der Waals surface area contributed by atoms with Gasteiger partial charge in [0, 0.05) is 19.0 Å². The van der Waals surface area contributed by atoms with Crippen LogP contribution in [0, 0.1) is 5.92 Å². The molecule has 1 aromatic carbocycles. The third-order valence-corrected chi connectivity index (χ3v) is 4.69. The van der Waals surface area contributed by atoms with Crippen LogP contribution in [0.5, 0.6) is 11.6 Å². The number of aromatic nitrogens is 3. The average molecular weight is 323 g/mol. The molecule has 1 fully saturated rings. The Morgan fingerprint density at radius 1 is 1.08 bits per heavy atom. The van der Waals surface area contributed by atoms with E-state index in [1.54, 1.807) is 14.2 Å². The lowest BCUT2D eigenvalue weighted by Gasteiger charge is -2.09. The predicted molar refractivity (Wildman–Crippen MR) is 93.5 cm³/mol. The molecule has 1 saturated carbocycles. The summed E-state index contributed by atoms with van der Waals surface area (Å²) in [6.45, 7) is 0. The second kappa shape index (κ2) is 5.82. The molecule has 0 unspecified atom stereocenters. The summed E-state index contributed by atoms with van der Waals surface area (Å²) >= 11 is 0. The van der Waals surface area contributed by atoms with Crippen molar-refractivity contribution in [1.29, 1.82) is 0 Å². The van der Waals surface area contributed by atoms with Gasteiger partial charge in [-0.05, 0) is 42.5 Å². The average Bonchev–Trinajstić information content (AvgIpc) is 3.39. The Kier molecular flexibility index (Phi) is 3.63. The number of imidazole rings is 1. The minimum atomic E-state index is 0.601. The number of nitrogens with zero attached hydrogens (tertiary/aromatic N) is 3. The molecule has 5 heteroatoms. The summed E-state index contributed by atoms with van der Waals surface area (Å²) < 4.78 is 12.9. The van der Waals surface area contributed by atoms with Crippen LogP contribution >= 0.6 is 0 Å². The normalized spacial score (nSPS) is 14.1. The largest absolute Gasteiger partial charge is 0.497 e. The van der Waals surface area contributed by atoms with Crippen LogP contribution in [0.4, 0.5) is 0 Å². The van der Waals surface area contributed by atoms with Crippen LogP contribution in [0.1, 0.15) is 18.7 Å². The summed E-state index contributed by atoms with van der Waals surface area (Å²) in [4.78, 5) is 9.35. The molecule has 0 N–H and O–H groups in total. The summed E-state index contributed by atoms with van der Waals surface area (Å²) in [5, 5.41) is 0. The fourth-order valence-electron chi connectivity index (χ4n) is 3.04. The van der Waals surface area contributed by atoms with Gasteiger partial charge in [0.2, 0.25) is 5.88 Å². The minimum Gasteiger partial charge on any atom is -0.497 e. The zero-order chi connectivity index (χ0) is 16.7. The van der Waals surface area contributed by atoms with Crippen LogP contribution in [0.3, 0.4) is 0 Å². The number of ether oxygens (including phenoxy) is 2. The highest BCUT2D eigenvalue weighted by Crippen LogP contribution is 2.35. The van der Waals surface area contributed by atoms with Gasteiger partial charge in [0.15, 0.2) is 5.65 Å². The number of pyridine rings is 1. The maximum absolute atomic E-state index is 5.52. The fourth-order valence-corrected chi connectivity index (χ4v) is 3.04. The smallest absolute Gasteiger partial charge is 0.223 e. The van der Waals surface area contributed by atoms with Crippen molar-refractivity contribution in [1.82, 2.24) is 14.5 Å². The van der Waals surface area contributed by atoms with E-state index >= 15 is 0 Å². The Morgan fingerprint density at radius 3 is 2.46 bits per heavy atom. The molecule has 2 heterocycles. The van der Waals surface area contributed by atoms with Gasteiger partial charge in [-0.2, -0.15) is 4.98 Å². The monoisotopic (exact) mass is 323 g/mol. The third-order valence-electron chi connectivity index (χ3n) is 4.69. The highest BCUT2D eigenvalue weighted by Gasteiger charge is 2.25. The lowest BCUT2D eigenvalue weighted by Crippen LogP contribution is -1.99. The predicted octanol–water partition coefficient (Wildman–Crippen LogP) is 3.61. The van der Waals surface area contributed by atoms with Crippen molar-refractivity contribution in [2.24, 2.45) is 13.0 Å². The van der Waals surface area contributed by atoms with Gasteiger partial charge in [-0.3, -0.25) is 0 Å². The maximum atomic E-state index is 5.52.